The van der Waals surface area contributed by atoms with Gasteiger partial charge in [-0.3, -0.25) is 4.79 Å². The molecule has 5 heteroatoms. The molecule has 1 heterocycles. The van der Waals surface area contributed by atoms with Crippen LogP contribution in [0.2, 0.25) is 0 Å². The first-order chi connectivity index (χ1) is 7.97. The molecule has 1 aromatic rings. The summed E-state index contributed by atoms with van der Waals surface area (Å²) in [5, 5.41) is 6.76. The van der Waals surface area contributed by atoms with Crippen LogP contribution >= 0.6 is 0 Å². The van der Waals surface area contributed by atoms with E-state index in [0.717, 1.165) is 6.42 Å². The van der Waals surface area contributed by atoms with Gasteiger partial charge in [0.05, 0.1) is 5.54 Å². The third-order valence-electron chi connectivity index (χ3n) is 3.20. The van der Waals surface area contributed by atoms with Gasteiger partial charge in [0.1, 0.15) is 0 Å². The van der Waals surface area contributed by atoms with Gasteiger partial charge in [-0.25, -0.2) is 0 Å². The molecule has 0 saturated heterocycles. The summed E-state index contributed by atoms with van der Waals surface area (Å²) in [6.45, 7) is 5.22. The number of hydrogen-bond donors (Lipinski definition) is 1. The third kappa shape index (κ3) is 2.84. The first-order valence-corrected chi connectivity index (χ1v) is 6.09. The Labute approximate surface area is 101 Å². The summed E-state index contributed by atoms with van der Waals surface area (Å²) in [4.78, 5) is 15.4. The molecule has 0 spiro atoms. The van der Waals surface area contributed by atoms with Gasteiger partial charge in [-0.15, -0.1) is 0 Å². The molecule has 0 bridgehead atoms. The molecule has 1 fully saturated rings. The summed E-state index contributed by atoms with van der Waals surface area (Å²) in [5.74, 6) is 1.83. The van der Waals surface area contributed by atoms with Crippen molar-refractivity contribution < 1.29 is 9.32 Å². The van der Waals surface area contributed by atoms with Gasteiger partial charge in [0.15, 0.2) is 5.82 Å². The van der Waals surface area contributed by atoms with E-state index in [-0.39, 0.29) is 5.91 Å². The smallest absolute Gasteiger partial charge is 0.227 e. The van der Waals surface area contributed by atoms with E-state index in [1.54, 1.807) is 0 Å². The van der Waals surface area contributed by atoms with Crippen molar-refractivity contribution in [3.63, 3.8) is 0 Å². The fraction of sp³-hybridized carbons (Fsp3) is 0.750. The molecule has 94 valence electrons. The summed E-state index contributed by atoms with van der Waals surface area (Å²) in [7, 11) is 0. The molecule has 0 aliphatic heterocycles. The Kier molecular flexibility index (Phi) is 3.17. The molecule has 1 aliphatic carbocycles. The number of nitrogens with zero attached hydrogens (tertiary/aromatic N) is 2. The highest BCUT2D eigenvalue weighted by Gasteiger charge is 2.28. The molecule has 1 N–H and O–H groups in total. The Morgan fingerprint density at radius 2 is 2.24 bits per heavy atom. The lowest BCUT2D eigenvalue weighted by molar-refractivity contribution is -0.120. The van der Waals surface area contributed by atoms with Crippen molar-refractivity contribution in [1.82, 2.24) is 15.5 Å². The van der Waals surface area contributed by atoms with E-state index in [1.807, 2.05) is 13.8 Å². The molecule has 0 atom stereocenters. The van der Waals surface area contributed by atoms with Crippen LogP contribution in [0, 0.1) is 5.92 Å². The molecule has 0 radical (unpaired) electrons. The third-order valence-corrected chi connectivity index (χ3v) is 3.20. The van der Waals surface area contributed by atoms with Gasteiger partial charge in [-0.2, -0.15) is 4.98 Å². The highest BCUT2D eigenvalue weighted by molar-refractivity contribution is 5.73. The van der Waals surface area contributed by atoms with E-state index in [2.05, 4.69) is 15.5 Å². The maximum absolute atomic E-state index is 11.1. The van der Waals surface area contributed by atoms with Gasteiger partial charge < -0.3 is 9.84 Å². The van der Waals surface area contributed by atoms with Crippen molar-refractivity contribution >= 4 is 5.91 Å². The zero-order chi connectivity index (χ0) is 12.5. The van der Waals surface area contributed by atoms with Gasteiger partial charge in [-0.1, -0.05) is 11.6 Å². The molecule has 2 rings (SSSR count). The molecule has 5 nitrogen and oxygen atoms in total. The lowest BCUT2D eigenvalue weighted by atomic mass is 9.83. The Bertz CT molecular complexity index is 408. The fourth-order valence-corrected chi connectivity index (χ4v) is 2.03. The Balaban J connectivity index is 2.03. The lowest BCUT2D eigenvalue weighted by Crippen LogP contribution is -2.40. The first-order valence-electron chi connectivity index (χ1n) is 6.09. The minimum absolute atomic E-state index is 0.0969. The van der Waals surface area contributed by atoms with E-state index < -0.39 is 5.54 Å². The molecule has 1 aromatic heterocycles. The van der Waals surface area contributed by atoms with Crippen LogP contribution in [0.5, 0.6) is 0 Å². The highest BCUT2D eigenvalue weighted by Crippen LogP contribution is 2.29. The topological polar surface area (TPSA) is 68.0 Å². The summed E-state index contributed by atoms with van der Waals surface area (Å²) in [6, 6.07) is 0. The Morgan fingerprint density at radius 3 is 2.76 bits per heavy atom. The number of nitrogens with one attached hydrogen (secondary N) is 1. The molecule has 1 amide bonds. The van der Waals surface area contributed by atoms with Crippen LogP contribution in [-0.2, 0) is 16.8 Å². The zero-order valence-electron chi connectivity index (χ0n) is 10.6. The standard InChI is InChI=1S/C12H19N3O2/c1-8(16)14-12(2,3)11-13-10(17-15-11)7-9-5-4-6-9/h9H,4-7H2,1-3H3,(H,14,16). The van der Waals surface area contributed by atoms with Crippen LogP contribution in [0.4, 0.5) is 0 Å². The summed E-state index contributed by atoms with van der Waals surface area (Å²) in [5.41, 5.74) is -0.576. The summed E-state index contributed by atoms with van der Waals surface area (Å²) >= 11 is 0. The van der Waals surface area contributed by atoms with Crippen molar-refractivity contribution in [1.29, 1.82) is 0 Å². The maximum atomic E-state index is 11.1. The molecule has 0 unspecified atom stereocenters. The van der Waals surface area contributed by atoms with E-state index in [9.17, 15) is 4.79 Å². The second-order valence-corrected chi connectivity index (χ2v) is 5.32. The van der Waals surface area contributed by atoms with Gasteiger partial charge in [-0.05, 0) is 32.6 Å². The molecule has 0 aromatic carbocycles. The molecular weight excluding hydrogens is 218 g/mol. The molecule has 1 saturated carbocycles. The van der Waals surface area contributed by atoms with Crippen LogP contribution < -0.4 is 5.32 Å². The van der Waals surface area contributed by atoms with Gasteiger partial charge in [0.2, 0.25) is 11.8 Å². The van der Waals surface area contributed by atoms with Crippen molar-refractivity contribution in [3.8, 4) is 0 Å². The van der Waals surface area contributed by atoms with Crippen molar-refractivity contribution in [2.24, 2.45) is 5.92 Å². The van der Waals surface area contributed by atoms with Crippen LogP contribution in [0.25, 0.3) is 0 Å². The number of rotatable bonds is 4. The lowest BCUT2D eigenvalue weighted by Gasteiger charge is -2.23. The number of carbonyl (C=O) groups is 1. The van der Waals surface area contributed by atoms with Crippen LogP contribution in [-0.4, -0.2) is 16.0 Å². The van der Waals surface area contributed by atoms with Crippen LogP contribution in [0.1, 0.15) is 51.7 Å². The average molecular weight is 237 g/mol. The van der Waals surface area contributed by atoms with Crippen LogP contribution in [0.15, 0.2) is 4.52 Å². The predicted molar refractivity (Wildman–Crippen MR) is 62.2 cm³/mol. The first kappa shape index (κ1) is 12.1. The van der Waals surface area contributed by atoms with Crippen molar-refractivity contribution in [2.75, 3.05) is 0 Å². The SMILES string of the molecule is CC(=O)NC(C)(C)c1noc(CC2CCC2)n1. The van der Waals surface area contributed by atoms with Crippen LogP contribution in [0.3, 0.4) is 0 Å². The summed E-state index contributed by atoms with van der Waals surface area (Å²) in [6.07, 6.45) is 4.69. The second kappa shape index (κ2) is 4.47. The highest BCUT2D eigenvalue weighted by atomic mass is 16.5. The van der Waals surface area contributed by atoms with Gasteiger partial charge >= 0.3 is 0 Å². The van der Waals surface area contributed by atoms with E-state index in [4.69, 9.17) is 4.52 Å². The van der Waals surface area contributed by atoms with Crippen molar-refractivity contribution in [3.05, 3.63) is 11.7 Å². The maximum Gasteiger partial charge on any atom is 0.227 e. The molecular formula is C12H19N3O2. The fourth-order valence-electron chi connectivity index (χ4n) is 2.03. The normalized spacial score (nSPS) is 16.6. The number of hydrogen-bond acceptors (Lipinski definition) is 4. The largest absolute Gasteiger partial charge is 0.344 e. The van der Waals surface area contributed by atoms with Crippen molar-refractivity contribution in [2.45, 2.75) is 52.0 Å². The Hall–Kier alpha value is -1.39. The quantitative estimate of drug-likeness (QED) is 0.866. The number of amides is 1. The average Bonchev–Trinajstić information content (AvgIpc) is 2.58. The van der Waals surface area contributed by atoms with E-state index in [0.29, 0.717) is 17.6 Å². The Morgan fingerprint density at radius 1 is 1.53 bits per heavy atom. The van der Waals surface area contributed by atoms with E-state index in [1.165, 1.54) is 26.2 Å². The summed E-state index contributed by atoms with van der Waals surface area (Å²) < 4.78 is 5.23. The van der Waals surface area contributed by atoms with Gasteiger partial charge in [0, 0.05) is 13.3 Å². The minimum Gasteiger partial charge on any atom is -0.344 e. The molecule has 1 aliphatic rings. The monoisotopic (exact) mass is 237 g/mol. The second-order valence-electron chi connectivity index (χ2n) is 5.32. The molecule has 17 heavy (non-hydrogen) atoms. The number of aromatic nitrogens is 2. The van der Waals surface area contributed by atoms with Gasteiger partial charge in [0.25, 0.3) is 0 Å². The zero-order valence-corrected chi connectivity index (χ0v) is 10.6. The number of carbonyl (C=O) groups excluding carboxylic acids is 1. The predicted octanol–water partition coefficient (Wildman–Crippen LogP) is 1.78. The minimum atomic E-state index is -0.576. The van der Waals surface area contributed by atoms with E-state index >= 15 is 0 Å².